The fraction of sp³-hybridized carbons (Fsp3) is 0.222. The number of ether oxygens (including phenoxy) is 1. The summed E-state index contributed by atoms with van der Waals surface area (Å²) in [6.07, 6.45) is 2.44. The van der Waals surface area contributed by atoms with Crippen LogP contribution in [0, 0.1) is 0 Å². The van der Waals surface area contributed by atoms with Crippen LogP contribution in [0.4, 0.5) is 0 Å². The molecular weight excluding hydrogens is 430 g/mol. The molecule has 176 valence electrons. The molecule has 1 amide bonds. The molecule has 0 aliphatic rings. The van der Waals surface area contributed by atoms with Gasteiger partial charge in [-0.05, 0) is 49.6 Å². The standard InChI is InChI=1S/C27H29N3O4/c1-19(2)34-27(33)23(16-9-17-28)29-25(31)22-15-10-18-30(26(22)32)24(20-11-5-3-6-12-20)21-13-7-4-8-14-21/h3-8,10-15,18,23-24H,1,9,16-17,28H2,2H3,(H,29,31)/t23-/m0/s1. The lowest BCUT2D eigenvalue weighted by molar-refractivity contribution is -0.141. The maximum atomic E-state index is 13.5. The number of carbonyl (C=O) groups is 2. The predicted molar refractivity (Wildman–Crippen MR) is 131 cm³/mol. The van der Waals surface area contributed by atoms with Crippen molar-refractivity contribution >= 4 is 11.9 Å². The fourth-order valence-electron chi connectivity index (χ4n) is 3.72. The van der Waals surface area contributed by atoms with Gasteiger partial charge in [-0.25, -0.2) is 4.79 Å². The van der Waals surface area contributed by atoms with E-state index < -0.39 is 29.5 Å². The zero-order valence-electron chi connectivity index (χ0n) is 19.1. The van der Waals surface area contributed by atoms with Crippen LogP contribution in [0.25, 0.3) is 0 Å². The number of pyridine rings is 1. The Balaban J connectivity index is 1.98. The monoisotopic (exact) mass is 459 g/mol. The van der Waals surface area contributed by atoms with Gasteiger partial charge < -0.3 is 20.4 Å². The van der Waals surface area contributed by atoms with E-state index in [1.165, 1.54) is 10.6 Å². The second-order valence-electron chi connectivity index (χ2n) is 7.94. The SMILES string of the molecule is C=C(C)OC(=O)[C@H](CCCN)NC(=O)c1cccn(C(c2ccccc2)c2ccccc2)c1=O. The number of rotatable bonds is 10. The highest BCUT2D eigenvalue weighted by Gasteiger charge is 2.25. The summed E-state index contributed by atoms with van der Waals surface area (Å²) >= 11 is 0. The topological polar surface area (TPSA) is 103 Å². The van der Waals surface area contributed by atoms with E-state index in [2.05, 4.69) is 11.9 Å². The number of nitrogens with one attached hydrogen (secondary N) is 1. The van der Waals surface area contributed by atoms with Gasteiger partial charge in [0.05, 0.1) is 11.8 Å². The summed E-state index contributed by atoms with van der Waals surface area (Å²) in [7, 11) is 0. The summed E-state index contributed by atoms with van der Waals surface area (Å²) < 4.78 is 6.61. The van der Waals surface area contributed by atoms with Crippen molar-refractivity contribution in [3.05, 3.63) is 118 Å². The predicted octanol–water partition coefficient (Wildman–Crippen LogP) is 3.40. The zero-order chi connectivity index (χ0) is 24.5. The maximum Gasteiger partial charge on any atom is 0.333 e. The summed E-state index contributed by atoms with van der Waals surface area (Å²) in [6.45, 7) is 5.46. The van der Waals surface area contributed by atoms with E-state index in [-0.39, 0.29) is 17.7 Å². The van der Waals surface area contributed by atoms with E-state index in [4.69, 9.17) is 10.5 Å². The van der Waals surface area contributed by atoms with Crippen LogP contribution in [0.5, 0.6) is 0 Å². The molecule has 1 atom stereocenters. The highest BCUT2D eigenvalue weighted by molar-refractivity contribution is 5.96. The van der Waals surface area contributed by atoms with Gasteiger partial charge in [-0.15, -0.1) is 0 Å². The van der Waals surface area contributed by atoms with Crippen molar-refractivity contribution in [1.29, 1.82) is 0 Å². The molecule has 0 unspecified atom stereocenters. The lowest BCUT2D eigenvalue weighted by Crippen LogP contribution is -2.44. The van der Waals surface area contributed by atoms with Gasteiger partial charge in [0.1, 0.15) is 11.6 Å². The number of benzene rings is 2. The van der Waals surface area contributed by atoms with Crippen molar-refractivity contribution in [2.24, 2.45) is 5.73 Å². The fourth-order valence-corrected chi connectivity index (χ4v) is 3.72. The van der Waals surface area contributed by atoms with Crippen LogP contribution < -0.4 is 16.6 Å². The van der Waals surface area contributed by atoms with Gasteiger partial charge in [-0.3, -0.25) is 9.59 Å². The quantitative estimate of drug-likeness (QED) is 0.357. The molecule has 0 aliphatic carbocycles. The summed E-state index contributed by atoms with van der Waals surface area (Å²) in [5, 5.41) is 2.64. The van der Waals surface area contributed by atoms with Gasteiger partial charge in [-0.1, -0.05) is 67.2 Å². The first-order valence-electron chi connectivity index (χ1n) is 11.1. The number of nitrogens with two attached hydrogens (primary N) is 1. The summed E-state index contributed by atoms with van der Waals surface area (Å²) in [5.41, 5.74) is 6.84. The summed E-state index contributed by atoms with van der Waals surface area (Å²) in [5.74, 6) is -1.08. The third-order valence-corrected chi connectivity index (χ3v) is 5.29. The second-order valence-corrected chi connectivity index (χ2v) is 7.94. The Hall–Kier alpha value is -3.97. The number of amides is 1. The number of hydrogen-bond donors (Lipinski definition) is 2. The molecule has 34 heavy (non-hydrogen) atoms. The molecule has 3 N–H and O–H groups in total. The molecule has 7 nitrogen and oxygen atoms in total. The number of hydrogen-bond acceptors (Lipinski definition) is 5. The molecule has 0 saturated heterocycles. The third-order valence-electron chi connectivity index (χ3n) is 5.29. The lowest BCUT2D eigenvalue weighted by atomic mass is 9.98. The van der Waals surface area contributed by atoms with Crippen molar-refractivity contribution in [2.75, 3.05) is 6.54 Å². The van der Waals surface area contributed by atoms with Crippen LogP contribution in [-0.4, -0.2) is 29.0 Å². The highest BCUT2D eigenvalue weighted by atomic mass is 16.5. The average molecular weight is 460 g/mol. The molecule has 0 spiro atoms. The van der Waals surface area contributed by atoms with Crippen molar-refractivity contribution in [3.63, 3.8) is 0 Å². The molecule has 1 heterocycles. The molecule has 1 aromatic heterocycles. The minimum atomic E-state index is -0.945. The Morgan fingerprint density at radius 1 is 1.00 bits per heavy atom. The average Bonchev–Trinajstić information content (AvgIpc) is 2.83. The zero-order valence-corrected chi connectivity index (χ0v) is 19.1. The van der Waals surface area contributed by atoms with Gasteiger partial charge in [0.15, 0.2) is 0 Å². The summed E-state index contributed by atoms with van der Waals surface area (Å²) in [6, 6.07) is 20.9. The maximum absolute atomic E-state index is 13.5. The Labute approximate surface area is 198 Å². The molecule has 7 heteroatoms. The summed E-state index contributed by atoms with van der Waals surface area (Å²) in [4.78, 5) is 39.0. The molecule has 0 fully saturated rings. The van der Waals surface area contributed by atoms with Crippen LogP contribution in [-0.2, 0) is 9.53 Å². The van der Waals surface area contributed by atoms with Gasteiger partial charge in [0.25, 0.3) is 11.5 Å². The Bertz CT molecular complexity index is 1150. The first-order valence-corrected chi connectivity index (χ1v) is 11.1. The first kappa shape index (κ1) is 24.7. The van der Waals surface area contributed by atoms with Gasteiger partial charge >= 0.3 is 5.97 Å². The van der Waals surface area contributed by atoms with Crippen LogP contribution in [0.3, 0.4) is 0 Å². The lowest BCUT2D eigenvalue weighted by Gasteiger charge is -2.22. The van der Waals surface area contributed by atoms with Crippen molar-refractivity contribution in [1.82, 2.24) is 9.88 Å². The van der Waals surface area contributed by atoms with Crippen molar-refractivity contribution in [3.8, 4) is 0 Å². The van der Waals surface area contributed by atoms with E-state index in [0.717, 1.165) is 11.1 Å². The highest BCUT2D eigenvalue weighted by Crippen LogP contribution is 2.25. The van der Waals surface area contributed by atoms with Gasteiger partial charge in [0, 0.05) is 6.20 Å². The van der Waals surface area contributed by atoms with Crippen LogP contribution in [0.15, 0.2) is 96.1 Å². The Morgan fingerprint density at radius 2 is 1.59 bits per heavy atom. The third kappa shape index (κ3) is 6.08. The smallest absolute Gasteiger partial charge is 0.333 e. The molecule has 0 bridgehead atoms. The van der Waals surface area contributed by atoms with Crippen molar-refractivity contribution in [2.45, 2.75) is 31.8 Å². The Morgan fingerprint density at radius 3 is 2.12 bits per heavy atom. The number of nitrogens with zero attached hydrogens (tertiary/aromatic N) is 1. The number of carbonyl (C=O) groups excluding carboxylic acids is 2. The molecule has 0 saturated carbocycles. The largest absolute Gasteiger partial charge is 0.430 e. The molecular formula is C27H29N3O4. The van der Waals surface area contributed by atoms with Crippen LogP contribution >= 0.6 is 0 Å². The molecule has 2 aromatic carbocycles. The van der Waals surface area contributed by atoms with Crippen LogP contribution in [0.2, 0.25) is 0 Å². The molecule has 0 radical (unpaired) electrons. The normalized spacial score (nSPS) is 11.6. The van der Waals surface area contributed by atoms with E-state index in [1.807, 2.05) is 60.7 Å². The molecule has 3 aromatic rings. The second kappa shape index (κ2) is 11.8. The Kier molecular flexibility index (Phi) is 8.54. The minimum Gasteiger partial charge on any atom is -0.430 e. The number of aromatic nitrogens is 1. The first-order chi connectivity index (χ1) is 16.4. The van der Waals surface area contributed by atoms with E-state index in [0.29, 0.717) is 13.0 Å². The van der Waals surface area contributed by atoms with E-state index >= 15 is 0 Å². The van der Waals surface area contributed by atoms with Gasteiger partial charge in [-0.2, -0.15) is 0 Å². The molecule has 0 aliphatic heterocycles. The minimum absolute atomic E-state index is 0.0692. The molecule has 3 rings (SSSR count). The van der Waals surface area contributed by atoms with E-state index in [9.17, 15) is 14.4 Å². The number of esters is 1. The van der Waals surface area contributed by atoms with Gasteiger partial charge in [0.2, 0.25) is 0 Å². The van der Waals surface area contributed by atoms with E-state index in [1.54, 1.807) is 19.2 Å². The number of allylic oxidation sites excluding steroid dienone is 1. The van der Waals surface area contributed by atoms with Crippen molar-refractivity contribution < 1.29 is 14.3 Å². The van der Waals surface area contributed by atoms with Crippen LogP contribution in [0.1, 0.15) is 47.3 Å².